The number of hydrogen-bond acceptors (Lipinski definition) is 3. The molecule has 2 unspecified atom stereocenters. The Balaban J connectivity index is 1.77. The molecule has 2 aromatic carbocycles. The van der Waals surface area contributed by atoms with Gasteiger partial charge in [-0.05, 0) is 35.9 Å². The van der Waals surface area contributed by atoms with Crippen LogP contribution in [0.15, 0.2) is 42.5 Å². The highest BCUT2D eigenvalue weighted by molar-refractivity contribution is 6.31. The Bertz CT molecular complexity index is 869. The summed E-state index contributed by atoms with van der Waals surface area (Å²) in [4.78, 5) is 12.7. The predicted molar refractivity (Wildman–Crippen MR) is 89.2 cm³/mol. The van der Waals surface area contributed by atoms with Crippen LogP contribution in [-0.4, -0.2) is 18.5 Å². The summed E-state index contributed by atoms with van der Waals surface area (Å²) in [5.74, 6) is 2.21. The molecule has 3 nitrogen and oxygen atoms in total. The first kappa shape index (κ1) is 18.3. The summed E-state index contributed by atoms with van der Waals surface area (Å²) in [6.45, 7) is -0.0181. The summed E-state index contributed by atoms with van der Waals surface area (Å²) < 4.78 is 48.6. The molecule has 1 aliphatic heterocycles. The molecule has 7 heteroatoms. The van der Waals surface area contributed by atoms with Crippen LogP contribution in [0.1, 0.15) is 27.6 Å². The van der Waals surface area contributed by atoms with Gasteiger partial charge in [0.2, 0.25) is 0 Å². The number of halogens is 4. The van der Waals surface area contributed by atoms with Gasteiger partial charge in [0, 0.05) is 5.02 Å². The summed E-state index contributed by atoms with van der Waals surface area (Å²) in [6, 6.07) is 9.05. The standard InChI is InChI=1S/C19H12ClF3O3/c1-2-9-25-15-8-7-13(20)10-14(15)16(24)18-17(26-18)11-3-5-12(6-4-11)19(21,22)23/h1,3-8,10,17-18H,9H2. The fraction of sp³-hybridized carbons (Fsp3) is 0.211. The Morgan fingerprint density at radius 3 is 2.54 bits per heavy atom. The number of rotatable bonds is 5. The van der Waals surface area contributed by atoms with Gasteiger partial charge >= 0.3 is 6.18 Å². The van der Waals surface area contributed by atoms with Crippen LogP contribution in [0.25, 0.3) is 0 Å². The van der Waals surface area contributed by atoms with Crippen molar-refractivity contribution in [3.8, 4) is 18.1 Å². The van der Waals surface area contributed by atoms with E-state index in [0.717, 1.165) is 12.1 Å². The number of carbonyl (C=O) groups is 1. The second-order valence-electron chi connectivity index (χ2n) is 5.59. The van der Waals surface area contributed by atoms with Gasteiger partial charge in [-0.1, -0.05) is 29.7 Å². The molecule has 134 valence electrons. The Morgan fingerprint density at radius 2 is 1.92 bits per heavy atom. The predicted octanol–water partition coefficient (Wildman–Crippen LogP) is 4.69. The fourth-order valence-corrected chi connectivity index (χ4v) is 2.69. The molecule has 26 heavy (non-hydrogen) atoms. The van der Waals surface area contributed by atoms with Gasteiger partial charge in [-0.25, -0.2) is 0 Å². The molecule has 2 atom stereocenters. The number of benzene rings is 2. The van der Waals surface area contributed by atoms with Crippen molar-refractivity contribution in [2.24, 2.45) is 0 Å². The van der Waals surface area contributed by atoms with E-state index in [-0.39, 0.29) is 23.7 Å². The van der Waals surface area contributed by atoms with Crippen molar-refractivity contribution in [2.45, 2.75) is 18.4 Å². The van der Waals surface area contributed by atoms with E-state index >= 15 is 0 Å². The van der Waals surface area contributed by atoms with Crippen molar-refractivity contribution in [3.05, 3.63) is 64.2 Å². The van der Waals surface area contributed by atoms with Crippen molar-refractivity contribution < 1.29 is 27.4 Å². The van der Waals surface area contributed by atoms with Gasteiger partial charge in [-0.15, -0.1) is 6.42 Å². The molecule has 0 aromatic heterocycles. The van der Waals surface area contributed by atoms with Crippen molar-refractivity contribution in [1.82, 2.24) is 0 Å². The van der Waals surface area contributed by atoms with Crippen LogP contribution < -0.4 is 4.74 Å². The molecule has 0 radical (unpaired) electrons. The lowest BCUT2D eigenvalue weighted by molar-refractivity contribution is -0.137. The Labute approximate surface area is 152 Å². The Morgan fingerprint density at radius 1 is 1.23 bits per heavy atom. The quantitative estimate of drug-likeness (QED) is 0.429. The monoisotopic (exact) mass is 380 g/mol. The lowest BCUT2D eigenvalue weighted by Crippen LogP contribution is -2.11. The smallest absolute Gasteiger partial charge is 0.416 e. The van der Waals surface area contributed by atoms with Crippen LogP contribution in [-0.2, 0) is 10.9 Å². The molecule has 3 rings (SSSR count). The van der Waals surface area contributed by atoms with Crippen LogP contribution in [0, 0.1) is 12.3 Å². The summed E-state index contributed by atoms with van der Waals surface area (Å²) in [6.07, 6.45) is -0.674. The van der Waals surface area contributed by atoms with Gasteiger partial charge < -0.3 is 9.47 Å². The second-order valence-corrected chi connectivity index (χ2v) is 6.03. The number of carbonyl (C=O) groups excluding carboxylic acids is 1. The zero-order valence-corrected chi connectivity index (χ0v) is 14.0. The van der Waals surface area contributed by atoms with Crippen LogP contribution in [0.4, 0.5) is 13.2 Å². The number of ketones is 1. The number of ether oxygens (including phenoxy) is 2. The van der Waals surface area contributed by atoms with Crippen LogP contribution in [0.3, 0.4) is 0 Å². The van der Waals surface area contributed by atoms with Crippen LogP contribution in [0.5, 0.6) is 5.75 Å². The lowest BCUT2D eigenvalue weighted by Gasteiger charge is -2.08. The number of alkyl halides is 3. The summed E-state index contributed by atoms with van der Waals surface area (Å²) in [5, 5.41) is 0.341. The third-order valence-corrected chi connectivity index (χ3v) is 4.07. The maximum atomic E-state index is 12.7. The molecule has 0 spiro atoms. The molecule has 2 aromatic rings. The summed E-state index contributed by atoms with van der Waals surface area (Å²) >= 11 is 5.94. The Hall–Kier alpha value is -2.49. The number of terminal acetylenes is 1. The molecule has 0 saturated carbocycles. The van der Waals surface area contributed by atoms with E-state index in [9.17, 15) is 18.0 Å². The highest BCUT2D eigenvalue weighted by atomic mass is 35.5. The number of Topliss-reactive ketones (excluding diaryl/α,β-unsaturated/α-hetero) is 1. The van der Waals surface area contributed by atoms with Crippen LogP contribution in [0.2, 0.25) is 5.02 Å². The minimum Gasteiger partial charge on any atom is -0.480 e. The molecule has 0 aliphatic carbocycles. The average molecular weight is 381 g/mol. The number of epoxide rings is 1. The third kappa shape index (κ3) is 3.85. The van der Waals surface area contributed by atoms with E-state index in [1.54, 1.807) is 6.07 Å². The first-order valence-corrected chi connectivity index (χ1v) is 7.91. The van der Waals surface area contributed by atoms with Gasteiger partial charge in [0.05, 0.1) is 11.1 Å². The Kier molecular flexibility index (Phi) is 4.94. The highest BCUT2D eigenvalue weighted by Gasteiger charge is 2.47. The van der Waals surface area contributed by atoms with Gasteiger partial charge in [0.1, 0.15) is 18.5 Å². The lowest BCUT2D eigenvalue weighted by atomic mass is 10.0. The topological polar surface area (TPSA) is 38.8 Å². The molecule has 0 amide bonds. The zero-order valence-electron chi connectivity index (χ0n) is 13.2. The maximum Gasteiger partial charge on any atom is 0.416 e. The fourth-order valence-electron chi connectivity index (χ4n) is 2.52. The second kappa shape index (κ2) is 7.02. The molecule has 1 saturated heterocycles. The summed E-state index contributed by atoms with van der Waals surface area (Å²) in [5.41, 5.74) is -0.0544. The van der Waals surface area contributed by atoms with Gasteiger partial charge in [0.25, 0.3) is 0 Å². The average Bonchev–Trinajstić information content (AvgIpc) is 3.40. The van der Waals surface area contributed by atoms with Crippen molar-refractivity contribution in [2.75, 3.05) is 6.61 Å². The van der Waals surface area contributed by atoms with Gasteiger partial charge in [0.15, 0.2) is 11.9 Å². The molecule has 0 bridgehead atoms. The van der Waals surface area contributed by atoms with E-state index in [1.807, 2.05) is 0 Å². The third-order valence-electron chi connectivity index (χ3n) is 3.83. The van der Waals surface area contributed by atoms with Gasteiger partial charge in [-0.3, -0.25) is 4.79 Å². The minimum atomic E-state index is -4.41. The maximum absolute atomic E-state index is 12.7. The molecule has 1 fully saturated rings. The normalized spacial score (nSPS) is 18.9. The molecule has 1 aliphatic rings. The SMILES string of the molecule is C#CCOc1ccc(Cl)cc1C(=O)C1OC1c1ccc(C(F)(F)F)cc1. The number of hydrogen-bond donors (Lipinski definition) is 0. The largest absolute Gasteiger partial charge is 0.480 e. The van der Waals surface area contributed by atoms with Crippen molar-refractivity contribution >= 4 is 17.4 Å². The van der Waals surface area contributed by atoms with Gasteiger partial charge in [-0.2, -0.15) is 13.2 Å². The van der Waals surface area contributed by atoms with E-state index < -0.39 is 23.9 Å². The molecule has 0 N–H and O–H groups in total. The molecule has 1 heterocycles. The minimum absolute atomic E-state index is 0.0181. The highest BCUT2D eigenvalue weighted by Crippen LogP contribution is 2.43. The van der Waals surface area contributed by atoms with Crippen molar-refractivity contribution in [1.29, 1.82) is 0 Å². The zero-order chi connectivity index (χ0) is 18.9. The van der Waals surface area contributed by atoms with Crippen molar-refractivity contribution in [3.63, 3.8) is 0 Å². The first-order chi connectivity index (χ1) is 12.3. The van der Waals surface area contributed by atoms with E-state index in [2.05, 4.69) is 5.92 Å². The van der Waals surface area contributed by atoms with E-state index in [0.29, 0.717) is 10.6 Å². The molecular formula is C19H12ClF3O3. The van der Waals surface area contributed by atoms with E-state index in [4.69, 9.17) is 27.5 Å². The summed E-state index contributed by atoms with van der Waals surface area (Å²) in [7, 11) is 0. The van der Waals surface area contributed by atoms with Crippen LogP contribution >= 0.6 is 11.6 Å². The first-order valence-electron chi connectivity index (χ1n) is 7.54. The molecular weight excluding hydrogens is 369 g/mol. The van der Waals surface area contributed by atoms with E-state index in [1.165, 1.54) is 24.3 Å².